The van der Waals surface area contributed by atoms with Gasteiger partial charge in [0.1, 0.15) is 0 Å². The summed E-state index contributed by atoms with van der Waals surface area (Å²) in [6.45, 7) is 0. The van der Waals surface area contributed by atoms with Crippen molar-refractivity contribution in [2.75, 3.05) is 0 Å². The van der Waals surface area contributed by atoms with Crippen LogP contribution in [0.5, 0.6) is 0 Å². The van der Waals surface area contributed by atoms with Crippen LogP contribution in [0.2, 0.25) is 0 Å². The molecule has 2 N–H and O–H groups in total. The van der Waals surface area contributed by atoms with Crippen LogP contribution < -0.4 is 0 Å². The minimum absolute atomic E-state index is 2.88. The number of alkyl halides is 14. The van der Waals surface area contributed by atoms with E-state index in [0.29, 0.717) is 0 Å². The summed E-state index contributed by atoms with van der Waals surface area (Å²) < 4.78 is 177. The summed E-state index contributed by atoms with van der Waals surface area (Å²) in [6, 6.07) is 0. The number of hydrogen-bond donors (Lipinski definition) is 2. The molecule has 0 aromatic rings. The molecule has 0 bridgehead atoms. The van der Waals surface area contributed by atoms with E-state index >= 15 is 0 Å². The second-order valence-corrected chi connectivity index (χ2v) is 5.47. The highest BCUT2D eigenvalue weighted by atomic mass is 19.4. The molecular formula is C12H6F14O4. The molecule has 0 saturated heterocycles. The zero-order valence-corrected chi connectivity index (χ0v) is 13.4. The molecule has 0 amide bonds. The predicted molar refractivity (Wildman–Crippen MR) is 63.4 cm³/mol. The first-order chi connectivity index (χ1) is 12.8. The molecule has 0 saturated carbocycles. The van der Waals surface area contributed by atoms with E-state index in [1.54, 1.807) is 0 Å². The Kier molecular flexibility index (Phi) is 7.16. The van der Waals surface area contributed by atoms with Crippen LogP contribution in [0.25, 0.3) is 0 Å². The Morgan fingerprint density at radius 3 is 0.833 bits per heavy atom. The van der Waals surface area contributed by atoms with Gasteiger partial charge in [0.2, 0.25) is 0 Å². The molecule has 0 radical (unpaired) electrons. The topological polar surface area (TPSA) is 74.6 Å². The maximum Gasteiger partial charge on any atom is 0.459 e. The van der Waals surface area contributed by atoms with Crippen molar-refractivity contribution in [1.29, 1.82) is 0 Å². The molecule has 0 spiro atoms. The van der Waals surface area contributed by atoms with E-state index < -0.39 is 72.0 Å². The van der Waals surface area contributed by atoms with Crippen molar-refractivity contribution < 1.29 is 81.3 Å². The zero-order valence-electron chi connectivity index (χ0n) is 13.4. The van der Waals surface area contributed by atoms with Gasteiger partial charge < -0.3 is 10.2 Å². The molecule has 176 valence electrons. The van der Waals surface area contributed by atoms with Crippen molar-refractivity contribution >= 4 is 11.9 Å². The van der Waals surface area contributed by atoms with Crippen molar-refractivity contribution in [3.8, 4) is 0 Å². The third kappa shape index (κ3) is 5.05. The van der Waals surface area contributed by atoms with Crippen LogP contribution >= 0.6 is 0 Å². The lowest BCUT2D eigenvalue weighted by Gasteiger charge is -2.30. The first-order valence-corrected chi connectivity index (χ1v) is 6.67. The molecule has 0 aromatic heterocycles. The van der Waals surface area contributed by atoms with E-state index in [-0.39, 0.29) is 0 Å². The molecular weight excluding hydrogens is 474 g/mol. The average Bonchev–Trinajstić information content (AvgIpc) is 2.47. The molecule has 0 unspecified atom stereocenters. The Hall–Kier alpha value is -2.30. The molecule has 0 aliphatic heterocycles. The van der Waals surface area contributed by atoms with Gasteiger partial charge in [-0.1, -0.05) is 0 Å². The Morgan fingerprint density at radius 2 is 0.700 bits per heavy atom. The number of halogens is 14. The van der Waals surface area contributed by atoms with Crippen LogP contribution in [-0.2, 0) is 9.59 Å². The van der Waals surface area contributed by atoms with E-state index in [4.69, 9.17) is 10.2 Å². The fourth-order valence-electron chi connectivity index (χ4n) is 1.70. The van der Waals surface area contributed by atoms with Crippen LogP contribution in [0.15, 0.2) is 11.1 Å². The summed E-state index contributed by atoms with van der Waals surface area (Å²) in [6.07, 6.45) is -21.1. The number of rotatable bonds is 8. The molecule has 0 aliphatic carbocycles. The standard InChI is InChI=1S/C12H6F14O4/c13-7(14,9(17,18)11(21,22)23)1-3(5(27)28)4(6(29)30)2-8(15,16)10(19,20)12(24,25)26/h1-2H2,(H,27,28)(H,29,30). The van der Waals surface area contributed by atoms with Gasteiger partial charge in [0, 0.05) is 0 Å². The lowest BCUT2D eigenvalue weighted by atomic mass is 9.92. The summed E-state index contributed by atoms with van der Waals surface area (Å²) in [7, 11) is 0. The summed E-state index contributed by atoms with van der Waals surface area (Å²) in [4.78, 5) is 21.6. The Labute approximate surface area is 154 Å². The van der Waals surface area contributed by atoms with E-state index in [9.17, 15) is 71.1 Å². The lowest BCUT2D eigenvalue weighted by molar-refractivity contribution is -0.355. The van der Waals surface area contributed by atoms with E-state index in [2.05, 4.69) is 0 Å². The smallest absolute Gasteiger partial charge is 0.459 e. The summed E-state index contributed by atoms with van der Waals surface area (Å²) in [5, 5.41) is 17.1. The Balaban J connectivity index is 6.59. The maximum absolute atomic E-state index is 13.3. The molecule has 18 heteroatoms. The minimum atomic E-state index is -7.07. The maximum atomic E-state index is 13.3. The van der Waals surface area contributed by atoms with Gasteiger partial charge in [-0.05, 0) is 0 Å². The normalized spacial score (nSPS) is 15.7. The summed E-state index contributed by atoms with van der Waals surface area (Å²) >= 11 is 0. The van der Waals surface area contributed by atoms with E-state index in [1.165, 1.54) is 0 Å². The third-order valence-corrected chi connectivity index (χ3v) is 3.31. The highest BCUT2D eigenvalue weighted by molar-refractivity contribution is 5.99. The molecule has 0 aliphatic rings. The van der Waals surface area contributed by atoms with Gasteiger partial charge in [0.15, 0.2) is 0 Å². The molecule has 30 heavy (non-hydrogen) atoms. The Morgan fingerprint density at radius 1 is 0.500 bits per heavy atom. The minimum Gasteiger partial charge on any atom is -0.478 e. The molecule has 0 aromatic carbocycles. The van der Waals surface area contributed by atoms with Crippen LogP contribution in [0, 0.1) is 0 Å². The van der Waals surface area contributed by atoms with Gasteiger partial charge >= 0.3 is 48.0 Å². The summed E-state index contributed by atoms with van der Waals surface area (Å²) in [5.74, 6) is -33.5. The molecule has 0 fully saturated rings. The predicted octanol–water partition coefficient (Wildman–Crippen LogP) is 4.90. The second kappa shape index (κ2) is 7.75. The Bertz CT molecular complexity index is 655. The van der Waals surface area contributed by atoms with Crippen molar-refractivity contribution in [1.82, 2.24) is 0 Å². The second-order valence-electron chi connectivity index (χ2n) is 5.47. The first kappa shape index (κ1) is 27.7. The number of carboxylic acid groups (broad SMARTS) is 2. The number of aliphatic carboxylic acids is 2. The monoisotopic (exact) mass is 480 g/mol. The summed E-state index contributed by atoms with van der Waals surface area (Å²) in [5.41, 5.74) is -5.76. The largest absolute Gasteiger partial charge is 0.478 e. The first-order valence-electron chi connectivity index (χ1n) is 6.67. The third-order valence-electron chi connectivity index (χ3n) is 3.31. The van der Waals surface area contributed by atoms with Crippen molar-refractivity contribution in [3.05, 3.63) is 11.1 Å². The molecule has 0 atom stereocenters. The molecule has 4 nitrogen and oxygen atoms in total. The quantitative estimate of drug-likeness (QED) is 0.383. The highest BCUT2D eigenvalue weighted by Crippen LogP contribution is 2.51. The van der Waals surface area contributed by atoms with Gasteiger partial charge in [-0.3, -0.25) is 0 Å². The average molecular weight is 480 g/mol. The number of carboxylic acids is 2. The van der Waals surface area contributed by atoms with Crippen LogP contribution in [0.4, 0.5) is 61.5 Å². The van der Waals surface area contributed by atoms with Gasteiger partial charge in [-0.15, -0.1) is 0 Å². The van der Waals surface area contributed by atoms with E-state index in [0.717, 1.165) is 0 Å². The zero-order chi connectivity index (χ0) is 24.7. The fourth-order valence-corrected chi connectivity index (χ4v) is 1.70. The van der Waals surface area contributed by atoms with E-state index in [1.807, 2.05) is 0 Å². The van der Waals surface area contributed by atoms with Crippen molar-refractivity contribution in [2.45, 2.75) is 48.9 Å². The lowest BCUT2D eigenvalue weighted by Crippen LogP contribution is -2.53. The van der Waals surface area contributed by atoms with Gasteiger partial charge in [0.05, 0.1) is 24.0 Å². The highest BCUT2D eigenvalue weighted by Gasteiger charge is 2.74. The van der Waals surface area contributed by atoms with Gasteiger partial charge in [-0.2, -0.15) is 61.5 Å². The number of carbonyl (C=O) groups is 2. The van der Waals surface area contributed by atoms with Gasteiger partial charge in [0.25, 0.3) is 0 Å². The molecule has 0 heterocycles. The van der Waals surface area contributed by atoms with Crippen LogP contribution in [-0.4, -0.2) is 58.2 Å². The van der Waals surface area contributed by atoms with Crippen LogP contribution in [0.3, 0.4) is 0 Å². The van der Waals surface area contributed by atoms with Crippen LogP contribution in [0.1, 0.15) is 12.8 Å². The van der Waals surface area contributed by atoms with Gasteiger partial charge in [-0.25, -0.2) is 9.59 Å². The molecule has 0 rings (SSSR count). The van der Waals surface area contributed by atoms with Crippen molar-refractivity contribution in [3.63, 3.8) is 0 Å². The SMILES string of the molecule is O=C(O)C(CC(F)(F)C(F)(F)C(F)(F)F)=C(CC(F)(F)C(F)(F)C(F)(F)F)C(=O)O. The fraction of sp³-hybridized carbons (Fsp3) is 0.667. The number of hydrogen-bond acceptors (Lipinski definition) is 2. The van der Waals surface area contributed by atoms with Crippen molar-refractivity contribution in [2.24, 2.45) is 0 Å².